The number of ether oxygens (including phenoxy) is 1. The van der Waals surface area contributed by atoms with Crippen LogP contribution in [0.3, 0.4) is 0 Å². The van der Waals surface area contributed by atoms with Gasteiger partial charge in [0.1, 0.15) is 17.9 Å². The van der Waals surface area contributed by atoms with Crippen LogP contribution in [-0.4, -0.2) is 9.97 Å². The van der Waals surface area contributed by atoms with Gasteiger partial charge in [-0.25, -0.2) is 15.8 Å². The minimum Gasteiger partial charge on any atom is -0.438 e. The molecule has 2 rings (SSSR count). The molecule has 0 radical (unpaired) electrons. The number of rotatable bonds is 4. The third-order valence-electron chi connectivity index (χ3n) is 2.75. The fraction of sp³-hybridized carbons (Fsp3) is 0.231. The molecule has 0 amide bonds. The highest BCUT2D eigenvalue weighted by Gasteiger charge is 2.12. The summed E-state index contributed by atoms with van der Waals surface area (Å²) in [7, 11) is 0. The number of aromatic nitrogens is 2. The van der Waals surface area contributed by atoms with Crippen LogP contribution in [0.25, 0.3) is 0 Å². The van der Waals surface area contributed by atoms with E-state index in [0.29, 0.717) is 28.9 Å². The normalized spacial score (nSPS) is 10.3. The first-order valence-corrected chi connectivity index (χ1v) is 6.28. The molecule has 0 unspecified atom stereocenters. The molecule has 2 aromatic rings. The number of hydrogen-bond acceptors (Lipinski definition) is 5. The predicted molar refractivity (Wildman–Crippen MR) is 75.5 cm³/mol. The summed E-state index contributed by atoms with van der Waals surface area (Å²) >= 11 is 5.97. The van der Waals surface area contributed by atoms with Gasteiger partial charge in [0.05, 0.1) is 5.56 Å². The number of hydrazine groups is 1. The summed E-state index contributed by atoms with van der Waals surface area (Å²) in [6.45, 7) is 3.93. The number of nitrogens with two attached hydrogens (primary N) is 1. The molecule has 0 fully saturated rings. The van der Waals surface area contributed by atoms with Crippen LogP contribution in [0.2, 0.25) is 5.02 Å². The molecular formula is C13H15ClN4O. The van der Waals surface area contributed by atoms with Crippen molar-refractivity contribution in [3.05, 3.63) is 40.7 Å². The molecule has 0 spiro atoms. The molecule has 1 heterocycles. The number of aryl methyl sites for hydroxylation is 1. The fourth-order valence-electron chi connectivity index (χ4n) is 1.72. The highest BCUT2D eigenvalue weighted by atomic mass is 35.5. The zero-order valence-corrected chi connectivity index (χ0v) is 11.5. The van der Waals surface area contributed by atoms with Crippen LogP contribution >= 0.6 is 11.6 Å². The van der Waals surface area contributed by atoms with Gasteiger partial charge in [-0.1, -0.05) is 24.6 Å². The maximum atomic E-state index is 5.97. The highest BCUT2D eigenvalue weighted by Crippen LogP contribution is 2.30. The zero-order chi connectivity index (χ0) is 13.8. The van der Waals surface area contributed by atoms with Crippen molar-refractivity contribution < 1.29 is 4.74 Å². The number of benzene rings is 1. The Morgan fingerprint density at radius 3 is 2.84 bits per heavy atom. The van der Waals surface area contributed by atoms with E-state index in [1.165, 1.54) is 6.33 Å². The number of anilines is 1. The second-order valence-corrected chi connectivity index (χ2v) is 4.45. The van der Waals surface area contributed by atoms with Gasteiger partial charge in [-0.3, -0.25) is 0 Å². The van der Waals surface area contributed by atoms with E-state index in [1.54, 1.807) is 6.07 Å². The molecule has 3 N–H and O–H groups in total. The molecule has 1 aromatic heterocycles. The van der Waals surface area contributed by atoms with Crippen molar-refractivity contribution in [2.45, 2.75) is 20.3 Å². The van der Waals surface area contributed by atoms with E-state index < -0.39 is 0 Å². The summed E-state index contributed by atoms with van der Waals surface area (Å²) < 4.78 is 5.82. The second-order valence-electron chi connectivity index (χ2n) is 4.02. The zero-order valence-electron chi connectivity index (χ0n) is 10.8. The van der Waals surface area contributed by atoms with Crippen molar-refractivity contribution in [2.24, 2.45) is 5.84 Å². The van der Waals surface area contributed by atoms with Gasteiger partial charge in [-0.05, 0) is 31.0 Å². The number of nitrogen functional groups attached to an aromatic ring is 1. The summed E-state index contributed by atoms with van der Waals surface area (Å²) in [5.74, 6) is 7.14. The van der Waals surface area contributed by atoms with E-state index >= 15 is 0 Å². The minimum atomic E-state index is 0.482. The van der Waals surface area contributed by atoms with E-state index in [2.05, 4.69) is 15.4 Å². The quantitative estimate of drug-likeness (QED) is 0.664. The highest BCUT2D eigenvalue weighted by molar-refractivity contribution is 6.30. The smallest absolute Gasteiger partial charge is 0.227 e. The third-order valence-corrected chi connectivity index (χ3v) is 2.99. The molecule has 100 valence electrons. The van der Waals surface area contributed by atoms with Gasteiger partial charge in [-0.2, -0.15) is 0 Å². The van der Waals surface area contributed by atoms with E-state index in [0.717, 1.165) is 11.1 Å². The first-order valence-electron chi connectivity index (χ1n) is 5.90. The molecule has 0 aliphatic rings. The summed E-state index contributed by atoms with van der Waals surface area (Å²) in [4.78, 5) is 8.21. The van der Waals surface area contributed by atoms with E-state index in [-0.39, 0.29) is 0 Å². The molecule has 6 heteroatoms. The van der Waals surface area contributed by atoms with Crippen LogP contribution in [0.15, 0.2) is 24.5 Å². The predicted octanol–water partition coefficient (Wildman–Crippen LogP) is 3.08. The monoisotopic (exact) mass is 278 g/mol. The number of nitrogens with zero attached hydrogens (tertiary/aromatic N) is 2. The molecule has 19 heavy (non-hydrogen) atoms. The molecule has 1 aromatic carbocycles. The summed E-state index contributed by atoms with van der Waals surface area (Å²) in [6, 6.07) is 5.47. The van der Waals surface area contributed by atoms with E-state index in [1.807, 2.05) is 26.0 Å². The maximum Gasteiger partial charge on any atom is 0.227 e. The standard InChI is InChI=1S/C13H15ClN4O/c1-3-10-12(18-15)16-7-17-13(10)19-11-6-9(14)5-4-8(11)2/h4-7H,3,15H2,1-2H3,(H,16,17,18). The maximum absolute atomic E-state index is 5.97. The lowest BCUT2D eigenvalue weighted by molar-refractivity contribution is 0.452. The van der Waals surface area contributed by atoms with Gasteiger partial charge in [0, 0.05) is 5.02 Å². The average Bonchev–Trinajstić information content (AvgIpc) is 2.42. The minimum absolute atomic E-state index is 0.482. The van der Waals surface area contributed by atoms with Gasteiger partial charge < -0.3 is 10.2 Å². The molecule has 0 saturated carbocycles. The Balaban J connectivity index is 2.40. The fourth-order valence-corrected chi connectivity index (χ4v) is 1.88. The SMILES string of the molecule is CCc1c(NN)ncnc1Oc1cc(Cl)ccc1C. The third kappa shape index (κ3) is 2.94. The van der Waals surface area contributed by atoms with Gasteiger partial charge in [0.25, 0.3) is 0 Å². The van der Waals surface area contributed by atoms with E-state index in [9.17, 15) is 0 Å². The first kappa shape index (κ1) is 13.6. The second kappa shape index (κ2) is 5.86. The molecule has 0 aliphatic carbocycles. The summed E-state index contributed by atoms with van der Waals surface area (Å²) in [5, 5.41) is 0.616. The van der Waals surface area contributed by atoms with Crippen LogP contribution in [0.5, 0.6) is 11.6 Å². The van der Waals surface area contributed by atoms with Crippen molar-refractivity contribution in [1.82, 2.24) is 9.97 Å². The Morgan fingerprint density at radius 1 is 1.37 bits per heavy atom. The summed E-state index contributed by atoms with van der Waals surface area (Å²) in [6.07, 6.45) is 2.11. The van der Waals surface area contributed by atoms with Gasteiger partial charge in [0.2, 0.25) is 5.88 Å². The van der Waals surface area contributed by atoms with Crippen molar-refractivity contribution in [1.29, 1.82) is 0 Å². The largest absolute Gasteiger partial charge is 0.438 e. The molecular weight excluding hydrogens is 264 g/mol. The molecule has 0 atom stereocenters. The van der Waals surface area contributed by atoms with Crippen LogP contribution in [0, 0.1) is 6.92 Å². The van der Waals surface area contributed by atoms with Crippen LogP contribution in [0.1, 0.15) is 18.1 Å². The Bertz CT molecular complexity index is 589. The summed E-state index contributed by atoms with van der Waals surface area (Å²) in [5.41, 5.74) is 4.34. The number of hydrogen-bond donors (Lipinski definition) is 2. The Labute approximate surface area is 116 Å². The van der Waals surface area contributed by atoms with Crippen LogP contribution in [-0.2, 0) is 6.42 Å². The topological polar surface area (TPSA) is 73.1 Å². The lowest BCUT2D eigenvalue weighted by atomic mass is 10.2. The average molecular weight is 279 g/mol. The molecule has 0 bridgehead atoms. The van der Waals surface area contributed by atoms with Crippen molar-refractivity contribution in [2.75, 3.05) is 5.43 Å². The van der Waals surface area contributed by atoms with Crippen LogP contribution in [0.4, 0.5) is 5.82 Å². The van der Waals surface area contributed by atoms with E-state index in [4.69, 9.17) is 22.2 Å². The first-order chi connectivity index (χ1) is 9.15. The Hall–Kier alpha value is -1.85. The molecule has 0 saturated heterocycles. The number of nitrogens with one attached hydrogen (secondary N) is 1. The lowest BCUT2D eigenvalue weighted by Gasteiger charge is -2.13. The Morgan fingerprint density at radius 2 is 2.16 bits per heavy atom. The number of halogens is 1. The molecule has 0 aliphatic heterocycles. The van der Waals surface area contributed by atoms with Crippen molar-refractivity contribution >= 4 is 17.4 Å². The van der Waals surface area contributed by atoms with Crippen molar-refractivity contribution in [3.8, 4) is 11.6 Å². The molecule has 5 nitrogen and oxygen atoms in total. The van der Waals surface area contributed by atoms with Gasteiger partial charge >= 0.3 is 0 Å². The van der Waals surface area contributed by atoms with Crippen LogP contribution < -0.4 is 16.0 Å². The Kier molecular flexibility index (Phi) is 4.19. The van der Waals surface area contributed by atoms with Crippen molar-refractivity contribution in [3.63, 3.8) is 0 Å². The lowest BCUT2D eigenvalue weighted by Crippen LogP contribution is -2.12. The van der Waals surface area contributed by atoms with Gasteiger partial charge in [0.15, 0.2) is 0 Å². The van der Waals surface area contributed by atoms with Gasteiger partial charge in [-0.15, -0.1) is 0 Å².